The van der Waals surface area contributed by atoms with Crippen molar-refractivity contribution in [1.82, 2.24) is 9.80 Å². The SMILES string of the molecule is COc1ccc(C2(C(=O)N3CCN(C(C)=O)CC3)CC2)cc1OC. The van der Waals surface area contributed by atoms with Crippen molar-refractivity contribution in [3.8, 4) is 11.5 Å². The minimum Gasteiger partial charge on any atom is -0.493 e. The molecule has 1 heterocycles. The van der Waals surface area contributed by atoms with Gasteiger partial charge in [0.15, 0.2) is 11.5 Å². The molecule has 0 N–H and O–H groups in total. The molecule has 6 nitrogen and oxygen atoms in total. The number of hydrogen-bond donors (Lipinski definition) is 0. The molecular formula is C18H24N2O4. The van der Waals surface area contributed by atoms with Gasteiger partial charge in [0.25, 0.3) is 0 Å². The molecule has 24 heavy (non-hydrogen) atoms. The second-order valence-electron chi connectivity index (χ2n) is 6.45. The highest BCUT2D eigenvalue weighted by Gasteiger charge is 2.53. The van der Waals surface area contributed by atoms with E-state index in [2.05, 4.69) is 0 Å². The van der Waals surface area contributed by atoms with E-state index in [1.807, 2.05) is 23.1 Å². The zero-order chi connectivity index (χ0) is 17.3. The van der Waals surface area contributed by atoms with E-state index < -0.39 is 5.41 Å². The van der Waals surface area contributed by atoms with Gasteiger partial charge < -0.3 is 19.3 Å². The fourth-order valence-electron chi connectivity index (χ4n) is 3.41. The van der Waals surface area contributed by atoms with Gasteiger partial charge in [-0.15, -0.1) is 0 Å². The molecule has 1 saturated carbocycles. The first-order valence-electron chi connectivity index (χ1n) is 8.29. The van der Waals surface area contributed by atoms with Crippen LogP contribution in [0.4, 0.5) is 0 Å². The fourth-order valence-corrected chi connectivity index (χ4v) is 3.41. The molecule has 2 aliphatic rings. The molecule has 3 rings (SSSR count). The number of rotatable bonds is 4. The first kappa shape index (κ1) is 16.6. The number of amides is 2. The summed E-state index contributed by atoms with van der Waals surface area (Å²) in [4.78, 5) is 28.2. The molecule has 0 spiro atoms. The summed E-state index contributed by atoms with van der Waals surface area (Å²) in [6, 6.07) is 5.73. The second-order valence-corrected chi connectivity index (χ2v) is 6.45. The highest BCUT2D eigenvalue weighted by Crippen LogP contribution is 2.51. The number of methoxy groups -OCH3 is 2. The van der Waals surface area contributed by atoms with Crippen molar-refractivity contribution in [2.45, 2.75) is 25.2 Å². The van der Waals surface area contributed by atoms with Crippen LogP contribution in [-0.4, -0.2) is 62.0 Å². The topological polar surface area (TPSA) is 59.1 Å². The van der Waals surface area contributed by atoms with E-state index >= 15 is 0 Å². The Hall–Kier alpha value is -2.24. The fraction of sp³-hybridized carbons (Fsp3) is 0.556. The van der Waals surface area contributed by atoms with Crippen molar-refractivity contribution in [1.29, 1.82) is 0 Å². The lowest BCUT2D eigenvalue weighted by molar-refractivity contribution is -0.140. The second kappa shape index (κ2) is 6.34. The molecule has 0 atom stereocenters. The summed E-state index contributed by atoms with van der Waals surface area (Å²) >= 11 is 0. The van der Waals surface area contributed by atoms with Crippen LogP contribution >= 0.6 is 0 Å². The van der Waals surface area contributed by atoms with Gasteiger partial charge in [-0.2, -0.15) is 0 Å². The molecule has 2 fully saturated rings. The quantitative estimate of drug-likeness (QED) is 0.837. The standard InChI is InChI=1S/C18H24N2O4/c1-13(21)19-8-10-20(11-9-19)17(22)18(6-7-18)14-4-5-15(23-2)16(12-14)24-3/h4-5,12H,6-11H2,1-3H3. The highest BCUT2D eigenvalue weighted by molar-refractivity contribution is 5.91. The van der Waals surface area contributed by atoms with Crippen LogP contribution in [0.5, 0.6) is 11.5 Å². The van der Waals surface area contributed by atoms with Gasteiger partial charge in [0.05, 0.1) is 19.6 Å². The van der Waals surface area contributed by atoms with Crippen LogP contribution in [-0.2, 0) is 15.0 Å². The number of benzene rings is 1. The molecule has 1 saturated heterocycles. The van der Waals surface area contributed by atoms with Gasteiger partial charge in [0.1, 0.15) is 0 Å². The lowest BCUT2D eigenvalue weighted by Gasteiger charge is -2.36. The average molecular weight is 332 g/mol. The molecule has 0 radical (unpaired) electrons. The van der Waals surface area contributed by atoms with Crippen LogP contribution in [0.2, 0.25) is 0 Å². The third-order valence-corrected chi connectivity index (χ3v) is 5.11. The van der Waals surface area contributed by atoms with E-state index in [4.69, 9.17) is 9.47 Å². The predicted octanol–water partition coefficient (Wildman–Crippen LogP) is 1.43. The summed E-state index contributed by atoms with van der Waals surface area (Å²) in [5.41, 5.74) is 0.553. The first-order valence-corrected chi connectivity index (χ1v) is 8.29. The Labute approximate surface area is 142 Å². The van der Waals surface area contributed by atoms with Crippen molar-refractivity contribution in [2.75, 3.05) is 40.4 Å². The molecule has 130 valence electrons. The van der Waals surface area contributed by atoms with Gasteiger partial charge >= 0.3 is 0 Å². The van der Waals surface area contributed by atoms with Crippen LogP contribution in [0.3, 0.4) is 0 Å². The number of ether oxygens (including phenoxy) is 2. The first-order chi connectivity index (χ1) is 11.5. The van der Waals surface area contributed by atoms with Crippen LogP contribution in [0.15, 0.2) is 18.2 Å². The summed E-state index contributed by atoms with van der Waals surface area (Å²) in [6.45, 7) is 4.01. The minimum atomic E-state index is -0.433. The Morgan fingerprint density at radius 3 is 2.04 bits per heavy atom. The van der Waals surface area contributed by atoms with E-state index in [1.54, 1.807) is 26.0 Å². The van der Waals surface area contributed by atoms with Crippen LogP contribution < -0.4 is 9.47 Å². The van der Waals surface area contributed by atoms with Crippen molar-refractivity contribution in [2.24, 2.45) is 0 Å². The number of carbonyl (C=O) groups is 2. The van der Waals surface area contributed by atoms with Gasteiger partial charge in [0, 0.05) is 33.1 Å². The van der Waals surface area contributed by atoms with Gasteiger partial charge in [-0.1, -0.05) is 6.07 Å². The van der Waals surface area contributed by atoms with Crippen LogP contribution in [0.1, 0.15) is 25.3 Å². The molecule has 0 aromatic heterocycles. The van der Waals surface area contributed by atoms with Crippen molar-refractivity contribution < 1.29 is 19.1 Å². The summed E-state index contributed by atoms with van der Waals surface area (Å²) in [7, 11) is 3.20. The van der Waals surface area contributed by atoms with E-state index in [9.17, 15) is 9.59 Å². The molecule has 1 aromatic rings. The molecule has 0 unspecified atom stereocenters. The largest absolute Gasteiger partial charge is 0.493 e. The third kappa shape index (κ3) is 2.81. The molecule has 0 bridgehead atoms. The van der Waals surface area contributed by atoms with Crippen molar-refractivity contribution >= 4 is 11.8 Å². The number of piperazine rings is 1. The zero-order valence-corrected chi connectivity index (χ0v) is 14.5. The molecule has 1 aliphatic carbocycles. The van der Waals surface area contributed by atoms with E-state index in [0.717, 1.165) is 18.4 Å². The van der Waals surface area contributed by atoms with Gasteiger partial charge in [-0.3, -0.25) is 9.59 Å². The Morgan fingerprint density at radius 2 is 1.54 bits per heavy atom. The molecular weight excluding hydrogens is 308 g/mol. The summed E-state index contributed by atoms with van der Waals surface area (Å²) in [6.07, 6.45) is 1.71. The number of carbonyl (C=O) groups excluding carboxylic acids is 2. The third-order valence-electron chi connectivity index (χ3n) is 5.11. The lowest BCUT2D eigenvalue weighted by atomic mass is 9.93. The maximum Gasteiger partial charge on any atom is 0.233 e. The van der Waals surface area contributed by atoms with E-state index in [0.29, 0.717) is 37.7 Å². The lowest BCUT2D eigenvalue weighted by Crippen LogP contribution is -2.52. The molecule has 6 heteroatoms. The Morgan fingerprint density at radius 1 is 0.958 bits per heavy atom. The highest BCUT2D eigenvalue weighted by atomic mass is 16.5. The van der Waals surface area contributed by atoms with Crippen LogP contribution in [0.25, 0.3) is 0 Å². The average Bonchev–Trinajstić information content (AvgIpc) is 3.42. The van der Waals surface area contributed by atoms with Crippen molar-refractivity contribution in [3.05, 3.63) is 23.8 Å². The minimum absolute atomic E-state index is 0.0723. The Kier molecular flexibility index (Phi) is 4.39. The van der Waals surface area contributed by atoms with Crippen LogP contribution in [0, 0.1) is 0 Å². The number of nitrogens with zero attached hydrogens (tertiary/aromatic N) is 2. The normalized spacial score (nSPS) is 19.0. The smallest absolute Gasteiger partial charge is 0.233 e. The number of hydrogen-bond acceptors (Lipinski definition) is 4. The monoisotopic (exact) mass is 332 g/mol. The van der Waals surface area contributed by atoms with Gasteiger partial charge in [-0.25, -0.2) is 0 Å². The Balaban J connectivity index is 1.77. The predicted molar refractivity (Wildman–Crippen MR) is 89.3 cm³/mol. The molecule has 2 amide bonds. The summed E-state index contributed by atoms with van der Waals surface area (Å²) < 4.78 is 10.6. The Bertz CT molecular complexity index is 646. The van der Waals surface area contributed by atoms with Crippen molar-refractivity contribution in [3.63, 3.8) is 0 Å². The van der Waals surface area contributed by atoms with Gasteiger partial charge in [-0.05, 0) is 30.5 Å². The van der Waals surface area contributed by atoms with E-state index in [-0.39, 0.29) is 11.8 Å². The van der Waals surface area contributed by atoms with Gasteiger partial charge in [0.2, 0.25) is 11.8 Å². The maximum absolute atomic E-state index is 13.1. The summed E-state index contributed by atoms with van der Waals surface area (Å²) in [5.74, 6) is 1.55. The maximum atomic E-state index is 13.1. The molecule has 1 aliphatic heterocycles. The summed E-state index contributed by atoms with van der Waals surface area (Å²) in [5, 5.41) is 0. The van der Waals surface area contributed by atoms with E-state index in [1.165, 1.54) is 0 Å². The zero-order valence-electron chi connectivity index (χ0n) is 14.5. The molecule has 1 aromatic carbocycles.